The Balaban J connectivity index is 1.76. The van der Waals surface area contributed by atoms with E-state index in [1.165, 1.54) is 4.57 Å². The fourth-order valence-corrected chi connectivity index (χ4v) is 3.19. The summed E-state index contributed by atoms with van der Waals surface area (Å²) >= 11 is 0. The van der Waals surface area contributed by atoms with Crippen LogP contribution in [0.15, 0.2) is 77.6 Å². The lowest BCUT2D eigenvalue weighted by Crippen LogP contribution is -2.29. The van der Waals surface area contributed by atoms with Crippen LogP contribution in [0.4, 0.5) is 11.4 Å². The molecule has 0 aliphatic rings. The highest BCUT2D eigenvalue weighted by atomic mass is 16.5. The molecule has 3 aromatic carbocycles. The third-order valence-electron chi connectivity index (χ3n) is 4.71. The number of aromatic nitrogens is 2. The van der Waals surface area contributed by atoms with E-state index in [0.717, 1.165) is 0 Å². The van der Waals surface area contributed by atoms with E-state index in [9.17, 15) is 9.59 Å². The topological polar surface area (TPSA) is 99.2 Å². The number of fused-ring (bicyclic) bond motifs is 1. The van der Waals surface area contributed by atoms with Gasteiger partial charge < -0.3 is 15.8 Å². The zero-order chi connectivity index (χ0) is 21.1. The van der Waals surface area contributed by atoms with E-state index < -0.39 is 0 Å². The van der Waals surface area contributed by atoms with Crippen LogP contribution < -0.4 is 21.3 Å². The van der Waals surface area contributed by atoms with Crippen LogP contribution in [0.2, 0.25) is 0 Å². The summed E-state index contributed by atoms with van der Waals surface area (Å²) in [7, 11) is 1.58. The average molecular weight is 400 g/mol. The third-order valence-corrected chi connectivity index (χ3v) is 4.71. The van der Waals surface area contributed by atoms with Crippen LogP contribution in [-0.2, 0) is 11.3 Å². The summed E-state index contributed by atoms with van der Waals surface area (Å²) in [6, 6.07) is 21.1. The predicted molar refractivity (Wildman–Crippen MR) is 117 cm³/mol. The van der Waals surface area contributed by atoms with Crippen molar-refractivity contribution in [3.05, 3.63) is 83.2 Å². The number of hydrogen-bond acceptors (Lipinski definition) is 5. The molecule has 1 amide bonds. The Morgan fingerprint density at radius 3 is 2.43 bits per heavy atom. The van der Waals surface area contributed by atoms with Crippen molar-refractivity contribution in [2.75, 3.05) is 18.2 Å². The number of amides is 1. The number of benzene rings is 3. The third kappa shape index (κ3) is 3.86. The molecule has 0 saturated carbocycles. The first kappa shape index (κ1) is 19.2. The van der Waals surface area contributed by atoms with Gasteiger partial charge in [-0.05, 0) is 60.7 Å². The molecule has 7 heteroatoms. The maximum Gasteiger partial charge on any atom is 0.262 e. The smallest absolute Gasteiger partial charge is 0.262 e. The minimum Gasteiger partial charge on any atom is -0.497 e. The van der Waals surface area contributed by atoms with Gasteiger partial charge in [0.25, 0.3) is 5.56 Å². The normalized spacial score (nSPS) is 10.7. The van der Waals surface area contributed by atoms with Gasteiger partial charge in [-0.25, -0.2) is 4.98 Å². The number of nitrogen functional groups attached to an aromatic ring is 1. The van der Waals surface area contributed by atoms with Crippen LogP contribution >= 0.6 is 0 Å². The molecule has 0 fully saturated rings. The monoisotopic (exact) mass is 400 g/mol. The summed E-state index contributed by atoms with van der Waals surface area (Å²) in [6.07, 6.45) is 0. The van der Waals surface area contributed by atoms with E-state index in [1.807, 2.05) is 18.2 Å². The van der Waals surface area contributed by atoms with Crippen molar-refractivity contribution < 1.29 is 9.53 Å². The summed E-state index contributed by atoms with van der Waals surface area (Å²) in [4.78, 5) is 30.5. The quantitative estimate of drug-likeness (QED) is 0.501. The van der Waals surface area contributed by atoms with Gasteiger partial charge in [-0.1, -0.05) is 12.1 Å². The molecule has 30 heavy (non-hydrogen) atoms. The zero-order valence-corrected chi connectivity index (χ0v) is 16.3. The van der Waals surface area contributed by atoms with Crippen molar-refractivity contribution in [2.45, 2.75) is 6.54 Å². The maximum atomic E-state index is 13.2. The second kappa shape index (κ2) is 8.08. The Hall–Kier alpha value is -4.13. The second-order valence-electron chi connectivity index (χ2n) is 6.74. The SMILES string of the molecule is COc1ccc(-c2nc3ccccc3c(=O)n2CC(=O)Nc2ccc(N)cc2)cc1. The van der Waals surface area contributed by atoms with E-state index in [0.29, 0.717) is 39.4 Å². The fraction of sp³-hybridized carbons (Fsp3) is 0.0870. The number of nitrogens with two attached hydrogens (primary N) is 1. The predicted octanol–water partition coefficient (Wildman–Crippen LogP) is 3.29. The Labute approximate surface area is 172 Å². The number of nitrogens with one attached hydrogen (secondary N) is 1. The van der Waals surface area contributed by atoms with Crippen LogP contribution in [0.5, 0.6) is 5.75 Å². The van der Waals surface area contributed by atoms with Gasteiger partial charge in [0.2, 0.25) is 5.91 Å². The van der Waals surface area contributed by atoms with Crippen molar-refractivity contribution in [1.82, 2.24) is 9.55 Å². The number of carbonyl (C=O) groups excluding carboxylic acids is 1. The molecule has 0 unspecified atom stereocenters. The van der Waals surface area contributed by atoms with Gasteiger partial charge in [0.1, 0.15) is 18.1 Å². The summed E-state index contributed by atoms with van der Waals surface area (Å²) in [5, 5.41) is 3.24. The van der Waals surface area contributed by atoms with Crippen LogP contribution in [0.1, 0.15) is 0 Å². The van der Waals surface area contributed by atoms with Crippen LogP contribution in [0, 0.1) is 0 Å². The highest BCUT2D eigenvalue weighted by molar-refractivity contribution is 5.91. The summed E-state index contributed by atoms with van der Waals surface area (Å²) in [5.41, 5.74) is 7.89. The number of nitrogens with zero attached hydrogens (tertiary/aromatic N) is 2. The largest absolute Gasteiger partial charge is 0.497 e. The van der Waals surface area contributed by atoms with Crippen LogP contribution in [0.25, 0.3) is 22.3 Å². The highest BCUT2D eigenvalue weighted by Gasteiger charge is 2.16. The number of ether oxygens (including phenoxy) is 1. The number of carbonyl (C=O) groups is 1. The number of para-hydroxylation sites is 1. The van der Waals surface area contributed by atoms with Gasteiger partial charge in [-0.3, -0.25) is 14.2 Å². The molecule has 3 N–H and O–H groups in total. The molecule has 1 aromatic heterocycles. The van der Waals surface area contributed by atoms with Gasteiger partial charge in [0, 0.05) is 16.9 Å². The highest BCUT2D eigenvalue weighted by Crippen LogP contribution is 2.22. The van der Waals surface area contributed by atoms with Crippen molar-refractivity contribution >= 4 is 28.2 Å². The van der Waals surface area contributed by atoms with Crippen molar-refractivity contribution in [3.8, 4) is 17.1 Å². The van der Waals surface area contributed by atoms with Crippen molar-refractivity contribution in [2.24, 2.45) is 0 Å². The Morgan fingerprint density at radius 2 is 1.73 bits per heavy atom. The zero-order valence-electron chi connectivity index (χ0n) is 16.3. The Kier molecular flexibility index (Phi) is 5.17. The maximum absolute atomic E-state index is 13.2. The molecule has 0 radical (unpaired) electrons. The molecule has 4 aromatic rings. The second-order valence-corrected chi connectivity index (χ2v) is 6.74. The van der Waals surface area contributed by atoms with Crippen LogP contribution in [0.3, 0.4) is 0 Å². The molecule has 0 aliphatic carbocycles. The van der Waals surface area contributed by atoms with Crippen LogP contribution in [-0.4, -0.2) is 22.6 Å². The molecule has 4 rings (SSSR count). The molecule has 0 atom stereocenters. The standard InChI is InChI=1S/C23H20N4O3/c1-30-18-12-6-15(7-13-18)22-26-20-5-3-2-4-19(20)23(29)27(22)14-21(28)25-17-10-8-16(24)9-11-17/h2-13H,14,24H2,1H3,(H,25,28). The van der Waals surface area contributed by atoms with E-state index in [4.69, 9.17) is 10.5 Å². The average Bonchev–Trinajstić information content (AvgIpc) is 2.77. The first-order valence-electron chi connectivity index (χ1n) is 9.34. The molecule has 7 nitrogen and oxygen atoms in total. The van der Waals surface area contributed by atoms with Crippen molar-refractivity contribution in [3.63, 3.8) is 0 Å². The summed E-state index contributed by atoms with van der Waals surface area (Å²) in [5.74, 6) is 0.761. The van der Waals surface area contributed by atoms with Crippen molar-refractivity contribution in [1.29, 1.82) is 0 Å². The first-order valence-corrected chi connectivity index (χ1v) is 9.34. The molecule has 0 spiro atoms. The van der Waals surface area contributed by atoms with Gasteiger partial charge >= 0.3 is 0 Å². The number of methoxy groups -OCH3 is 1. The van der Waals surface area contributed by atoms with Gasteiger partial charge in [0.05, 0.1) is 18.0 Å². The number of rotatable bonds is 5. The lowest BCUT2D eigenvalue weighted by atomic mass is 10.1. The molecular formula is C23H20N4O3. The Morgan fingerprint density at radius 1 is 1.03 bits per heavy atom. The minimum atomic E-state index is -0.339. The minimum absolute atomic E-state index is 0.178. The first-order chi connectivity index (χ1) is 14.5. The molecule has 1 heterocycles. The number of anilines is 2. The van der Waals surface area contributed by atoms with E-state index in [1.54, 1.807) is 61.7 Å². The van der Waals surface area contributed by atoms with Gasteiger partial charge in [0.15, 0.2) is 0 Å². The van der Waals surface area contributed by atoms with Gasteiger partial charge in [-0.15, -0.1) is 0 Å². The lowest BCUT2D eigenvalue weighted by Gasteiger charge is -2.14. The lowest BCUT2D eigenvalue weighted by molar-refractivity contribution is -0.116. The summed E-state index contributed by atoms with van der Waals surface area (Å²) in [6.45, 7) is -0.178. The fourth-order valence-electron chi connectivity index (χ4n) is 3.19. The molecular weight excluding hydrogens is 380 g/mol. The molecule has 0 aliphatic heterocycles. The molecule has 150 valence electrons. The number of hydrogen-bond donors (Lipinski definition) is 2. The Bertz CT molecular complexity index is 1260. The van der Waals surface area contributed by atoms with E-state index in [2.05, 4.69) is 10.3 Å². The van der Waals surface area contributed by atoms with Gasteiger partial charge in [-0.2, -0.15) is 0 Å². The molecule has 0 bridgehead atoms. The van der Waals surface area contributed by atoms with E-state index in [-0.39, 0.29) is 18.0 Å². The molecule has 0 saturated heterocycles. The van der Waals surface area contributed by atoms with E-state index >= 15 is 0 Å². The summed E-state index contributed by atoms with van der Waals surface area (Å²) < 4.78 is 6.59.